The number of nitro groups is 1. The van der Waals surface area contributed by atoms with Crippen LogP contribution in [-0.4, -0.2) is 49.8 Å². The molecule has 1 aromatic rings. The molecule has 156 valence electrons. The maximum atomic E-state index is 14.3. The minimum absolute atomic E-state index is 0.213. The Hall–Kier alpha value is -2.11. The summed E-state index contributed by atoms with van der Waals surface area (Å²) < 4.78 is 46.9. The second-order valence-corrected chi connectivity index (χ2v) is 8.33. The number of halogens is 1. The van der Waals surface area contributed by atoms with Crippen LogP contribution < -0.4 is 4.72 Å². The van der Waals surface area contributed by atoms with E-state index >= 15 is 0 Å². The molecule has 0 heterocycles. The summed E-state index contributed by atoms with van der Waals surface area (Å²) in [4.78, 5) is 20.2. The van der Waals surface area contributed by atoms with Gasteiger partial charge in [0.05, 0.1) is 4.92 Å². The number of sulfonamides is 1. The monoisotopic (exact) mass is 418 g/mol. The number of aliphatic carboxylic acids is 1. The number of nitro benzene ring substituents is 1. The van der Waals surface area contributed by atoms with Crippen LogP contribution in [-0.2, 0) is 19.6 Å². The van der Waals surface area contributed by atoms with E-state index in [1.54, 1.807) is 0 Å². The predicted octanol–water partition coefficient (Wildman–Crippen LogP) is 2.26. The van der Waals surface area contributed by atoms with Gasteiger partial charge in [0.2, 0.25) is 10.0 Å². The van der Waals surface area contributed by atoms with E-state index in [1.165, 1.54) is 12.1 Å². The van der Waals surface area contributed by atoms with Gasteiger partial charge < -0.3 is 9.84 Å². The lowest BCUT2D eigenvalue weighted by Crippen LogP contribution is -2.39. The van der Waals surface area contributed by atoms with Crippen LogP contribution in [0.15, 0.2) is 29.2 Å². The second kappa shape index (κ2) is 9.89. The average molecular weight is 418 g/mol. The molecule has 0 unspecified atom stereocenters. The minimum atomic E-state index is -4.17. The number of para-hydroxylation sites is 1. The van der Waals surface area contributed by atoms with Crippen molar-refractivity contribution in [1.82, 2.24) is 4.72 Å². The molecule has 0 spiro atoms. The normalized spacial score (nSPS) is 22.2. The van der Waals surface area contributed by atoms with Gasteiger partial charge in [0.25, 0.3) is 5.69 Å². The van der Waals surface area contributed by atoms with Crippen LogP contribution in [0, 0.1) is 16.0 Å². The molecule has 1 aromatic carbocycles. The highest BCUT2D eigenvalue weighted by Gasteiger charge is 2.39. The smallest absolute Gasteiger partial charge is 0.329 e. The number of carbonyl (C=O) groups is 1. The Kier molecular flexibility index (Phi) is 7.84. The van der Waals surface area contributed by atoms with E-state index in [-0.39, 0.29) is 13.0 Å². The summed E-state index contributed by atoms with van der Waals surface area (Å²) in [6.07, 6.45) is 0.834. The molecule has 0 saturated heterocycles. The molecule has 0 aromatic heterocycles. The Morgan fingerprint density at radius 2 is 2.04 bits per heavy atom. The fourth-order valence-electron chi connectivity index (χ4n) is 3.39. The molecular weight excluding hydrogens is 395 g/mol. The number of carboxylic acid groups (broad SMARTS) is 1. The minimum Gasteiger partial charge on any atom is -0.480 e. The number of nitrogens with one attached hydrogen (secondary N) is 1. The first-order valence-electron chi connectivity index (χ1n) is 8.91. The number of rotatable bonds is 11. The molecule has 28 heavy (non-hydrogen) atoms. The van der Waals surface area contributed by atoms with Gasteiger partial charge in [-0.2, -0.15) is 0 Å². The van der Waals surface area contributed by atoms with E-state index in [2.05, 4.69) is 4.72 Å². The molecule has 9 nitrogen and oxygen atoms in total. The first kappa shape index (κ1) is 22.2. The molecule has 0 bridgehead atoms. The zero-order valence-corrected chi connectivity index (χ0v) is 15.9. The van der Waals surface area contributed by atoms with Gasteiger partial charge in [-0.1, -0.05) is 18.6 Å². The fraction of sp³-hybridized carbons (Fsp3) is 0.588. The van der Waals surface area contributed by atoms with Crippen LogP contribution in [0.1, 0.15) is 32.1 Å². The number of hydrogen-bond acceptors (Lipinski definition) is 6. The average Bonchev–Trinajstić information content (AvgIpc) is 2.97. The quantitative estimate of drug-likeness (QED) is 0.319. The Bertz CT molecular complexity index is 802. The predicted molar refractivity (Wildman–Crippen MR) is 97.1 cm³/mol. The van der Waals surface area contributed by atoms with Crippen molar-refractivity contribution in [1.29, 1.82) is 0 Å². The summed E-state index contributed by atoms with van der Waals surface area (Å²) in [7, 11) is -4.17. The third-order valence-corrected chi connectivity index (χ3v) is 6.23. The van der Waals surface area contributed by atoms with Crippen molar-refractivity contribution >= 4 is 21.7 Å². The first-order chi connectivity index (χ1) is 13.2. The SMILES string of the molecule is O=C(O)COCCCC[C@H]1[C@H](F)CC[C@@H]1NS(=O)(=O)c1ccccc1[N+](=O)[O-]. The molecule has 1 fully saturated rings. The van der Waals surface area contributed by atoms with E-state index in [1.807, 2.05) is 0 Å². The highest BCUT2D eigenvalue weighted by Crippen LogP contribution is 2.34. The van der Waals surface area contributed by atoms with E-state index in [0.29, 0.717) is 25.7 Å². The summed E-state index contributed by atoms with van der Waals surface area (Å²) in [6, 6.07) is 4.37. The first-order valence-corrected chi connectivity index (χ1v) is 10.4. The van der Waals surface area contributed by atoms with Crippen LogP contribution in [0.2, 0.25) is 0 Å². The Morgan fingerprint density at radius 3 is 2.71 bits per heavy atom. The summed E-state index contributed by atoms with van der Waals surface area (Å²) in [6.45, 7) is -0.171. The number of carboxylic acids is 1. The van der Waals surface area contributed by atoms with Crippen molar-refractivity contribution in [3.8, 4) is 0 Å². The number of unbranched alkanes of at least 4 members (excludes halogenated alkanes) is 1. The van der Waals surface area contributed by atoms with E-state index in [4.69, 9.17) is 9.84 Å². The molecule has 3 atom stereocenters. The van der Waals surface area contributed by atoms with Crippen molar-refractivity contribution in [2.24, 2.45) is 5.92 Å². The number of benzene rings is 1. The van der Waals surface area contributed by atoms with Crippen molar-refractivity contribution in [3.63, 3.8) is 0 Å². The standard InChI is InChI=1S/C17H23FN2O7S/c18-13-8-9-14(12(13)5-3-4-10-27-11-17(21)22)19-28(25,26)16-7-2-1-6-15(16)20(23)24/h1-2,6-7,12-14,19H,3-5,8-11H2,(H,21,22)/t12-,13+,14-/m0/s1. The van der Waals surface area contributed by atoms with E-state index in [0.717, 1.165) is 12.1 Å². The fourth-order valence-corrected chi connectivity index (χ4v) is 4.88. The van der Waals surface area contributed by atoms with Gasteiger partial charge in [-0.25, -0.2) is 22.3 Å². The highest BCUT2D eigenvalue weighted by atomic mass is 32.2. The third-order valence-electron chi connectivity index (χ3n) is 4.69. The lowest BCUT2D eigenvalue weighted by atomic mass is 9.96. The van der Waals surface area contributed by atoms with Gasteiger partial charge in [-0.3, -0.25) is 10.1 Å². The zero-order chi connectivity index (χ0) is 20.7. The molecule has 2 N–H and O–H groups in total. The largest absolute Gasteiger partial charge is 0.480 e. The number of alkyl halides is 1. The number of ether oxygens (including phenoxy) is 1. The van der Waals surface area contributed by atoms with E-state index < -0.39 is 56.2 Å². The molecule has 11 heteroatoms. The molecule has 0 radical (unpaired) electrons. The molecule has 1 saturated carbocycles. The second-order valence-electron chi connectivity index (χ2n) is 6.65. The zero-order valence-electron chi connectivity index (χ0n) is 15.1. The number of nitrogens with zero attached hydrogens (tertiary/aromatic N) is 1. The van der Waals surface area contributed by atoms with Crippen molar-refractivity contribution in [3.05, 3.63) is 34.4 Å². The summed E-state index contributed by atoms with van der Waals surface area (Å²) >= 11 is 0. The Morgan fingerprint density at radius 1 is 1.32 bits per heavy atom. The van der Waals surface area contributed by atoms with E-state index in [9.17, 15) is 27.7 Å². The van der Waals surface area contributed by atoms with Crippen LogP contribution >= 0.6 is 0 Å². The van der Waals surface area contributed by atoms with Gasteiger partial charge in [0.15, 0.2) is 4.90 Å². The van der Waals surface area contributed by atoms with Crippen LogP contribution in [0.4, 0.5) is 10.1 Å². The maximum absolute atomic E-state index is 14.3. The Balaban J connectivity index is 1.98. The highest BCUT2D eigenvalue weighted by molar-refractivity contribution is 7.89. The van der Waals surface area contributed by atoms with Crippen LogP contribution in [0.5, 0.6) is 0 Å². The van der Waals surface area contributed by atoms with Gasteiger partial charge >= 0.3 is 5.97 Å². The molecule has 0 amide bonds. The van der Waals surface area contributed by atoms with Gasteiger partial charge in [0.1, 0.15) is 12.8 Å². The van der Waals surface area contributed by atoms with Crippen LogP contribution in [0.3, 0.4) is 0 Å². The Labute approximate surface area is 162 Å². The molecule has 1 aliphatic carbocycles. The number of hydrogen-bond donors (Lipinski definition) is 2. The van der Waals surface area contributed by atoms with Crippen molar-refractivity contribution in [2.45, 2.75) is 49.2 Å². The summed E-state index contributed by atoms with van der Waals surface area (Å²) in [5.74, 6) is -1.61. The van der Waals surface area contributed by atoms with Crippen molar-refractivity contribution < 1.29 is 32.4 Å². The molecule has 0 aliphatic heterocycles. The topological polar surface area (TPSA) is 136 Å². The summed E-state index contributed by atoms with van der Waals surface area (Å²) in [5.41, 5.74) is -0.531. The lowest BCUT2D eigenvalue weighted by Gasteiger charge is -2.22. The molecule has 2 rings (SSSR count). The van der Waals surface area contributed by atoms with Gasteiger partial charge in [-0.15, -0.1) is 0 Å². The van der Waals surface area contributed by atoms with Crippen LogP contribution in [0.25, 0.3) is 0 Å². The van der Waals surface area contributed by atoms with Crippen molar-refractivity contribution in [2.75, 3.05) is 13.2 Å². The maximum Gasteiger partial charge on any atom is 0.329 e. The molecular formula is C17H23FN2O7S. The third kappa shape index (κ3) is 5.94. The van der Waals surface area contributed by atoms with Gasteiger partial charge in [-0.05, 0) is 31.7 Å². The lowest BCUT2D eigenvalue weighted by molar-refractivity contribution is -0.387. The molecule has 1 aliphatic rings. The van der Waals surface area contributed by atoms with Gasteiger partial charge in [0, 0.05) is 24.6 Å². The summed E-state index contributed by atoms with van der Waals surface area (Å²) in [5, 5.41) is 19.6.